The Labute approximate surface area is 106 Å². The SMILES string of the molecule is C=CCOc1cnc2ccc(=O)n(C(C)C)c2c1. The Hall–Kier alpha value is -2.10. The van der Waals surface area contributed by atoms with Crippen LogP contribution in [0.2, 0.25) is 0 Å². The second-order valence-electron chi connectivity index (χ2n) is 4.31. The van der Waals surface area contributed by atoms with Crippen molar-refractivity contribution >= 4 is 11.0 Å². The molecule has 0 radical (unpaired) electrons. The minimum Gasteiger partial charge on any atom is -0.488 e. The van der Waals surface area contributed by atoms with Crippen molar-refractivity contribution in [2.24, 2.45) is 0 Å². The first-order valence-electron chi connectivity index (χ1n) is 5.88. The molecular weight excluding hydrogens is 228 g/mol. The fourth-order valence-corrected chi connectivity index (χ4v) is 1.88. The van der Waals surface area contributed by atoms with Gasteiger partial charge in [-0.15, -0.1) is 0 Å². The Bertz CT molecular complexity index is 629. The van der Waals surface area contributed by atoms with Crippen LogP contribution in [-0.4, -0.2) is 16.2 Å². The summed E-state index contributed by atoms with van der Waals surface area (Å²) in [6, 6.07) is 5.19. The van der Waals surface area contributed by atoms with Gasteiger partial charge in [-0.2, -0.15) is 0 Å². The smallest absolute Gasteiger partial charge is 0.251 e. The Morgan fingerprint density at radius 1 is 1.50 bits per heavy atom. The molecule has 94 valence electrons. The van der Waals surface area contributed by atoms with Crippen LogP contribution in [0, 0.1) is 0 Å². The molecule has 0 aromatic carbocycles. The van der Waals surface area contributed by atoms with Gasteiger partial charge in [0.15, 0.2) is 0 Å². The third-order valence-electron chi connectivity index (χ3n) is 2.64. The van der Waals surface area contributed by atoms with E-state index in [-0.39, 0.29) is 11.6 Å². The third-order valence-corrected chi connectivity index (χ3v) is 2.64. The molecule has 0 fully saturated rings. The van der Waals surface area contributed by atoms with Crippen molar-refractivity contribution < 1.29 is 4.74 Å². The molecule has 0 bridgehead atoms. The lowest BCUT2D eigenvalue weighted by molar-refractivity contribution is 0.362. The van der Waals surface area contributed by atoms with Crippen LogP contribution in [0.4, 0.5) is 0 Å². The van der Waals surface area contributed by atoms with Crippen molar-refractivity contribution in [3.8, 4) is 5.75 Å². The summed E-state index contributed by atoms with van der Waals surface area (Å²) in [6.07, 6.45) is 3.33. The summed E-state index contributed by atoms with van der Waals surface area (Å²) in [5.74, 6) is 0.641. The van der Waals surface area contributed by atoms with Gasteiger partial charge in [0.05, 0.1) is 17.2 Å². The Morgan fingerprint density at radius 3 is 2.94 bits per heavy atom. The number of ether oxygens (including phenoxy) is 1. The van der Waals surface area contributed by atoms with E-state index in [0.717, 1.165) is 11.0 Å². The number of rotatable bonds is 4. The summed E-state index contributed by atoms with van der Waals surface area (Å²) in [7, 11) is 0. The van der Waals surface area contributed by atoms with E-state index in [1.54, 1.807) is 29.0 Å². The second kappa shape index (κ2) is 5.04. The molecule has 0 amide bonds. The fourth-order valence-electron chi connectivity index (χ4n) is 1.88. The molecule has 0 aliphatic carbocycles. The molecule has 2 aromatic heterocycles. The highest BCUT2D eigenvalue weighted by atomic mass is 16.5. The number of pyridine rings is 2. The van der Waals surface area contributed by atoms with Gasteiger partial charge in [0, 0.05) is 18.2 Å². The maximum Gasteiger partial charge on any atom is 0.251 e. The normalized spacial score (nSPS) is 10.8. The maximum absolute atomic E-state index is 11.9. The molecule has 0 aliphatic heterocycles. The van der Waals surface area contributed by atoms with Crippen LogP contribution in [-0.2, 0) is 0 Å². The lowest BCUT2D eigenvalue weighted by atomic mass is 10.2. The van der Waals surface area contributed by atoms with E-state index in [2.05, 4.69) is 11.6 Å². The average Bonchev–Trinajstić information content (AvgIpc) is 2.35. The number of hydrogen-bond acceptors (Lipinski definition) is 3. The monoisotopic (exact) mass is 244 g/mol. The van der Waals surface area contributed by atoms with Crippen molar-refractivity contribution in [2.45, 2.75) is 19.9 Å². The summed E-state index contributed by atoms with van der Waals surface area (Å²) in [5, 5.41) is 0. The summed E-state index contributed by atoms with van der Waals surface area (Å²) in [4.78, 5) is 16.2. The first-order chi connectivity index (χ1) is 8.63. The fraction of sp³-hybridized carbons (Fsp3) is 0.286. The molecular formula is C14H16N2O2. The number of aromatic nitrogens is 2. The van der Waals surface area contributed by atoms with E-state index >= 15 is 0 Å². The summed E-state index contributed by atoms with van der Waals surface area (Å²) in [5.41, 5.74) is 1.55. The Morgan fingerprint density at radius 2 is 2.28 bits per heavy atom. The standard InChI is InChI=1S/C14H16N2O2/c1-4-7-18-11-8-13-12(15-9-11)5-6-14(17)16(13)10(2)3/h4-6,8-10H,1,7H2,2-3H3. The van der Waals surface area contributed by atoms with E-state index in [0.29, 0.717) is 12.4 Å². The maximum atomic E-state index is 11.9. The van der Waals surface area contributed by atoms with Gasteiger partial charge >= 0.3 is 0 Å². The predicted molar refractivity (Wildman–Crippen MR) is 72.1 cm³/mol. The molecule has 0 atom stereocenters. The first-order valence-corrected chi connectivity index (χ1v) is 5.88. The summed E-state index contributed by atoms with van der Waals surface area (Å²) in [6.45, 7) is 7.96. The lowest BCUT2D eigenvalue weighted by Crippen LogP contribution is -2.21. The Balaban J connectivity index is 2.61. The van der Waals surface area contributed by atoms with Gasteiger partial charge in [0.25, 0.3) is 5.56 Å². The van der Waals surface area contributed by atoms with E-state index in [1.807, 2.05) is 19.9 Å². The zero-order valence-corrected chi connectivity index (χ0v) is 10.6. The number of hydrogen-bond donors (Lipinski definition) is 0. The van der Waals surface area contributed by atoms with Crippen LogP contribution >= 0.6 is 0 Å². The highest BCUT2D eigenvalue weighted by Gasteiger charge is 2.08. The largest absolute Gasteiger partial charge is 0.488 e. The van der Waals surface area contributed by atoms with Crippen LogP contribution in [0.5, 0.6) is 5.75 Å². The zero-order valence-electron chi connectivity index (χ0n) is 10.6. The van der Waals surface area contributed by atoms with E-state index < -0.39 is 0 Å². The van der Waals surface area contributed by atoms with Crippen LogP contribution in [0.25, 0.3) is 11.0 Å². The van der Waals surface area contributed by atoms with Gasteiger partial charge in [0.2, 0.25) is 0 Å². The molecule has 0 saturated carbocycles. The highest BCUT2D eigenvalue weighted by Crippen LogP contribution is 2.19. The van der Waals surface area contributed by atoms with Crippen molar-refractivity contribution in [1.82, 2.24) is 9.55 Å². The minimum atomic E-state index is -0.0276. The molecule has 0 saturated heterocycles. The van der Waals surface area contributed by atoms with Gasteiger partial charge in [-0.1, -0.05) is 12.7 Å². The summed E-state index contributed by atoms with van der Waals surface area (Å²) >= 11 is 0. The highest BCUT2D eigenvalue weighted by molar-refractivity contribution is 5.75. The summed E-state index contributed by atoms with van der Waals surface area (Å²) < 4.78 is 7.15. The topological polar surface area (TPSA) is 44.1 Å². The van der Waals surface area contributed by atoms with Crippen LogP contribution < -0.4 is 10.3 Å². The van der Waals surface area contributed by atoms with Gasteiger partial charge in [-0.05, 0) is 19.9 Å². The molecule has 2 heterocycles. The molecule has 2 rings (SSSR count). The van der Waals surface area contributed by atoms with Crippen molar-refractivity contribution in [1.29, 1.82) is 0 Å². The molecule has 0 N–H and O–H groups in total. The lowest BCUT2D eigenvalue weighted by Gasteiger charge is -2.14. The number of fused-ring (bicyclic) bond motifs is 1. The Kier molecular flexibility index (Phi) is 3.46. The van der Waals surface area contributed by atoms with Gasteiger partial charge in [0.1, 0.15) is 12.4 Å². The van der Waals surface area contributed by atoms with Gasteiger partial charge in [-0.3, -0.25) is 9.78 Å². The molecule has 4 nitrogen and oxygen atoms in total. The van der Waals surface area contributed by atoms with E-state index in [1.165, 1.54) is 0 Å². The van der Waals surface area contributed by atoms with Crippen LogP contribution in [0.15, 0.2) is 41.8 Å². The predicted octanol–water partition coefficient (Wildman–Crippen LogP) is 2.54. The zero-order chi connectivity index (χ0) is 13.1. The van der Waals surface area contributed by atoms with Gasteiger partial charge < -0.3 is 9.30 Å². The minimum absolute atomic E-state index is 0.0276. The van der Waals surface area contributed by atoms with Crippen molar-refractivity contribution in [3.05, 3.63) is 47.4 Å². The average molecular weight is 244 g/mol. The third kappa shape index (κ3) is 2.27. The molecule has 2 aromatic rings. The van der Waals surface area contributed by atoms with E-state index in [4.69, 9.17) is 4.74 Å². The van der Waals surface area contributed by atoms with Crippen LogP contribution in [0.3, 0.4) is 0 Å². The number of nitrogens with zero attached hydrogens (tertiary/aromatic N) is 2. The molecule has 0 aliphatic rings. The molecule has 0 unspecified atom stereocenters. The van der Waals surface area contributed by atoms with Gasteiger partial charge in [-0.25, -0.2) is 0 Å². The first kappa shape index (κ1) is 12.4. The quantitative estimate of drug-likeness (QED) is 0.776. The van der Waals surface area contributed by atoms with Crippen molar-refractivity contribution in [2.75, 3.05) is 6.61 Å². The van der Waals surface area contributed by atoms with E-state index in [9.17, 15) is 4.79 Å². The second-order valence-corrected chi connectivity index (χ2v) is 4.31. The molecule has 0 spiro atoms. The van der Waals surface area contributed by atoms with Crippen LogP contribution in [0.1, 0.15) is 19.9 Å². The van der Waals surface area contributed by atoms with Crippen molar-refractivity contribution in [3.63, 3.8) is 0 Å². The molecule has 4 heteroatoms. The molecule has 18 heavy (non-hydrogen) atoms.